The quantitative estimate of drug-likeness (QED) is 0.218. The topological polar surface area (TPSA) is 9.23 Å². The van der Waals surface area contributed by atoms with Gasteiger partial charge in [0.2, 0.25) is 0 Å². The highest BCUT2D eigenvalue weighted by Crippen LogP contribution is 2.71. The normalized spacial score (nSPS) is 15.6. The predicted molar refractivity (Wildman–Crippen MR) is 117 cm³/mol. The van der Waals surface area contributed by atoms with E-state index in [9.17, 15) is 0 Å². The van der Waals surface area contributed by atoms with Crippen molar-refractivity contribution in [2.45, 2.75) is 4.90 Å². The molecule has 0 aliphatic rings. The Morgan fingerprint density at radius 3 is 1.79 bits per heavy atom. The fourth-order valence-corrected chi connectivity index (χ4v) is 6.27. The minimum Gasteiger partial charge on any atom is -0.316 e. The molecule has 0 fully saturated rings. The first kappa shape index (κ1) is 16.5. The molecule has 5 heteroatoms. The van der Waals surface area contributed by atoms with Gasteiger partial charge in [-0.2, -0.15) is 0 Å². The number of thiol groups is 2. The Labute approximate surface area is 156 Å². The van der Waals surface area contributed by atoms with Crippen LogP contribution in [0.25, 0.3) is 32.3 Å². The van der Waals surface area contributed by atoms with Crippen LogP contribution in [-0.4, -0.2) is 7.11 Å². The van der Waals surface area contributed by atoms with Gasteiger partial charge in [0.1, 0.15) is 0 Å². The Morgan fingerprint density at radius 2 is 1.25 bits per heavy atom. The third kappa shape index (κ3) is 2.78. The highest BCUT2D eigenvalue weighted by Gasteiger charge is 2.21. The van der Waals surface area contributed by atoms with Gasteiger partial charge in [-0.1, -0.05) is 53.7 Å². The average molecular weight is 389 g/mol. The molecule has 4 rings (SSSR count). The van der Waals surface area contributed by atoms with Crippen LogP contribution in [-0.2, 0) is 4.18 Å². The maximum atomic E-state index is 5.60. The van der Waals surface area contributed by atoms with Gasteiger partial charge in [0.15, 0.2) is 0 Å². The summed E-state index contributed by atoms with van der Waals surface area (Å²) >= 11 is 9.04. The fourth-order valence-electron chi connectivity index (χ4n) is 3.00. The fraction of sp³-hybridized carbons (Fsp3) is 0.0526. The van der Waals surface area contributed by atoms with Crippen molar-refractivity contribution in [1.82, 2.24) is 0 Å². The highest BCUT2D eigenvalue weighted by atomic mass is 33.7. The van der Waals surface area contributed by atoms with Crippen molar-refractivity contribution in [1.29, 1.82) is 0 Å². The first-order valence-electron chi connectivity index (χ1n) is 7.44. The van der Waals surface area contributed by atoms with Gasteiger partial charge < -0.3 is 4.18 Å². The van der Waals surface area contributed by atoms with E-state index in [1.54, 1.807) is 7.11 Å². The van der Waals surface area contributed by atoms with Gasteiger partial charge in [-0.05, 0) is 86.9 Å². The van der Waals surface area contributed by atoms with Crippen LogP contribution in [0.5, 0.6) is 0 Å². The molecular weight excluding hydrogens is 372 g/mol. The molecule has 1 unspecified atom stereocenters. The van der Waals surface area contributed by atoms with E-state index in [-0.39, 0.29) is 0 Å². The molecule has 0 aliphatic heterocycles. The van der Waals surface area contributed by atoms with Crippen molar-refractivity contribution in [3.8, 4) is 0 Å². The Bertz CT molecular complexity index is 1060. The Hall–Kier alpha value is -0.980. The Morgan fingerprint density at radius 1 is 0.750 bits per heavy atom. The van der Waals surface area contributed by atoms with Crippen LogP contribution in [0.15, 0.2) is 71.6 Å². The molecule has 0 bridgehead atoms. The number of rotatable bonds is 3. The van der Waals surface area contributed by atoms with E-state index in [4.69, 9.17) is 15.8 Å². The van der Waals surface area contributed by atoms with Gasteiger partial charge in [0.25, 0.3) is 0 Å². The van der Waals surface area contributed by atoms with Crippen molar-refractivity contribution < 1.29 is 4.18 Å². The second kappa shape index (κ2) is 6.39. The summed E-state index contributed by atoms with van der Waals surface area (Å²) in [6, 6.07) is 23.9. The van der Waals surface area contributed by atoms with Gasteiger partial charge in [-0.15, -0.1) is 0 Å². The summed E-state index contributed by atoms with van der Waals surface area (Å²) in [6.07, 6.45) is 0. The van der Waals surface area contributed by atoms with Crippen molar-refractivity contribution in [3.63, 3.8) is 0 Å². The van der Waals surface area contributed by atoms with E-state index < -0.39 is 8.37 Å². The summed E-state index contributed by atoms with van der Waals surface area (Å²) in [6.45, 7) is 0. The number of fused-ring (bicyclic) bond motifs is 3. The third-order valence-electron chi connectivity index (χ3n) is 4.26. The standard InChI is InChI=1S/C19H16OS4/c1-20-24(22,23-21)19-7-6-15-10-16-8-13-4-2-3-5-14(13)9-17(16)11-18(15)12-19/h2-12,21-22H,1H3. The number of hydrogen-bond donors (Lipinski definition) is 2. The zero-order valence-corrected chi connectivity index (χ0v) is 16.4. The lowest BCUT2D eigenvalue weighted by Gasteiger charge is -2.29. The summed E-state index contributed by atoms with van der Waals surface area (Å²) in [5.41, 5.74) is 0. The zero-order valence-electron chi connectivity index (χ0n) is 13.0. The van der Waals surface area contributed by atoms with Crippen molar-refractivity contribution in [2.75, 3.05) is 7.11 Å². The van der Waals surface area contributed by atoms with Gasteiger partial charge in [-0.3, -0.25) is 0 Å². The lowest BCUT2D eigenvalue weighted by molar-refractivity contribution is 0.484. The van der Waals surface area contributed by atoms with Gasteiger partial charge in [0.05, 0.1) is 7.11 Å². The molecule has 4 aromatic rings. The van der Waals surface area contributed by atoms with E-state index in [0.29, 0.717) is 0 Å². The van der Waals surface area contributed by atoms with Gasteiger partial charge >= 0.3 is 0 Å². The molecule has 0 N–H and O–H groups in total. The lowest BCUT2D eigenvalue weighted by atomic mass is 10.00. The van der Waals surface area contributed by atoms with E-state index in [1.165, 1.54) is 42.1 Å². The molecule has 0 aromatic heterocycles. The second-order valence-corrected chi connectivity index (χ2v) is 13.0. The summed E-state index contributed by atoms with van der Waals surface area (Å²) in [4.78, 5) is 1.07. The first-order valence-corrected chi connectivity index (χ1v) is 12.4. The molecule has 0 amide bonds. The van der Waals surface area contributed by atoms with Crippen molar-refractivity contribution in [2.24, 2.45) is 0 Å². The largest absolute Gasteiger partial charge is 0.316 e. The van der Waals surface area contributed by atoms with Crippen LogP contribution < -0.4 is 0 Å². The first-order chi connectivity index (χ1) is 11.6. The molecule has 4 aromatic carbocycles. The zero-order chi connectivity index (χ0) is 16.7. The van der Waals surface area contributed by atoms with E-state index in [0.717, 1.165) is 4.90 Å². The molecule has 122 valence electrons. The molecule has 0 aliphatic carbocycles. The molecule has 1 nitrogen and oxygen atoms in total. The van der Waals surface area contributed by atoms with Crippen LogP contribution >= 0.6 is 41.5 Å². The molecule has 0 spiro atoms. The number of hydrogen-bond acceptors (Lipinski definition) is 4. The SMILES string of the molecule is COS(S)(SS)c1ccc2cc3cc4ccccc4cc3cc2c1. The van der Waals surface area contributed by atoms with Crippen LogP contribution in [0.4, 0.5) is 0 Å². The van der Waals surface area contributed by atoms with Crippen LogP contribution in [0.1, 0.15) is 0 Å². The van der Waals surface area contributed by atoms with Crippen molar-refractivity contribution >= 4 is 73.8 Å². The lowest BCUT2D eigenvalue weighted by Crippen LogP contribution is -1.89. The molecule has 0 saturated heterocycles. The van der Waals surface area contributed by atoms with E-state index in [1.807, 2.05) is 0 Å². The molecule has 24 heavy (non-hydrogen) atoms. The second-order valence-electron chi connectivity index (χ2n) is 5.62. The third-order valence-corrected chi connectivity index (χ3v) is 12.0. The van der Waals surface area contributed by atoms with Crippen LogP contribution in [0.2, 0.25) is 0 Å². The number of benzene rings is 4. The summed E-state index contributed by atoms with van der Waals surface area (Å²) < 4.78 is 5.60. The summed E-state index contributed by atoms with van der Waals surface area (Å²) in [5.74, 6) is 0. The molecule has 0 radical (unpaired) electrons. The van der Waals surface area contributed by atoms with E-state index >= 15 is 0 Å². The molecule has 0 saturated carbocycles. The monoisotopic (exact) mass is 388 g/mol. The summed E-state index contributed by atoms with van der Waals surface area (Å²) in [7, 11) is 1.34. The van der Waals surface area contributed by atoms with Crippen LogP contribution in [0, 0.1) is 0 Å². The Balaban J connectivity index is 1.96. The molecule has 0 heterocycles. The van der Waals surface area contributed by atoms with E-state index in [2.05, 4.69) is 78.4 Å². The average Bonchev–Trinajstić information content (AvgIpc) is 2.63. The minimum absolute atomic E-state index is 1.07. The van der Waals surface area contributed by atoms with Crippen molar-refractivity contribution in [3.05, 3.63) is 66.7 Å². The molecular formula is C19H16OS4. The molecule has 1 atom stereocenters. The predicted octanol–water partition coefficient (Wildman–Crippen LogP) is 7.21. The smallest absolute Gasteiger partial charge is 0.0506 e. The van der Waals surface area contributed by atoms with Gasteiger partial charge in [-0.25, -0.2) is 0 Å². The minimum atomic E-state index is -1.70. The van der Waals surface area contributed by atoms with Crippen LogP contribution in [0.3, 0.4) is 0 Å². The maximum absolute atomic E-state index is 5.60. The Kier molecular flexibility index (Phi) is 4.39. The highest BCUT2D eigenvalue weighted by molar-refractivity contribution is 9.32. The maximum Gasteiger partial charge on any atom is 0.0506 e. The summed E-state index contributed by atoms with van der Waals surface area (Å²) in [5, 5.41) is 7.45. The van der Waals surface area contributed by atoms with Gasteiger partial charge in [0, 0.05) is 4.90 Å².